The Hall–Kier alpha value is -0.820. The maximum absolute atomic E-state index is 10.6. The highest BCUT2D eigenvalue weighted by molar-refractivity contribution is 5.73. The molecule has 0 aliphatic carbocycles. The molecule has 0 rings (SSSR count). The highest BCUT2D eigenvalue weighted by atomic mass is 19.4. The van der Waals surface area contributed by atoms with Crippen LogP contribution in [0.3, 0.4) is 0 Å². The molecule has 7 heteroatoms. The molecule has 0 atom stereocenters. The van der Waals surface area contributed by atoms with E-state index in [1.54, 1.807) is 0 Å². The zero-order valence-corrected chi connectivity index (χ0v) is 8.02. The fourth-order valence-corrected chi connectivity index (χ4v) is 0.319. The van der Waals surface area contributed by atoms with Crippen LogP contribution >= 0.6 is 0 Å². The normalized spacial score (nSPS) is 10.4. The van der Waals surface area contributed by atoms with Crippen molar-refractivity contribution < 1.29 is 27.8 Å². The Labute approximate surface area is 80.1 Å². The second-order valence-electron chi connectivity index (χ2n) is 2.10. The summed E-state index contributed by atoms with van der Waals surface area (Å²) < 4.78 is 36.7. The average Bonchev–Trinajstić information content (AvgIpc) is 2.05. The van der Waals surface area contributed by atoms with E-state index >= 15 is 0 Å². The Morgan fingerprint density at radius 2 is 1.93 bits per heavy atom. The maximum Gasteiger partial charge on any atom is 0.490 e. The van der Waals surface area contributed by atoms with E-state index in [1.165, 1.54) is 0 Å². The average molecular weight is 217 g/mol. The van der Waals surface area contributed by atoms with Gasteiger partial charge in [0.1, 0.15) is 0 Å². The van der Waals surface area contributed by atoms with Crippen molar-refractivity contribution in [2.24, 2.45) is 0 Å². The number of carboxylic acid groups (broad SMARTS) is 1. The van der Waals surface area contributed by atoms with Gasteiger partial charge in [-0.25, -0.2) is 4.79 Å². The molecule has 0 aromatic carbocycles. The molecule has 0 heterocycles. The summed E-state index contributed by atoms with van der Waals surface area (Å²) in [7, 11) is 1.92. The fourth-order valence-electron chi connectivity index (χ4n) is 0.319. The number of hydrogen-bond donors (Lipinski definition) is 2. The Morgan fingerprint density at radius 3 is 2.14 bits per heavy atom. The van der Waals surface area contributed by atoms with E-state index in [4.69, 9.17) is 14.6 Å². The number of hydrogen-bond acceptors (Lipinski definition) is 3. The molecule has 0 unspecified atom stereocenters. The van der Waals surface area contributed by atoms with Crippen LogP contribution in [0.15, 0.2) is 0 Å². The minimum absolute atomic E-state index is 0.821. The number of alkyl halides is 3. The lowest BCUT2D eigenvalue weighted by Gasteiger charge is -1.96. The van der Waals surface area contributed by atoms with Crippen LogP contribution in [0, 0.1) is 0 Å². The van der Waals surface area contributed by atoms with Crippen molar-refractivity contribution in [3.05, 3.63) is 0 Å². The zero-order valence-electron chi connectivity index (χ0n) is 8.02. The molecule has 0 aromatic rings. The van der Waals surface area contributed by atoms with Gasteiger partial charge in [-0.05, 0) is 14.0 Å². The summed E-state index contributed by atoms with van der Waals surface area (Å²) in [5.74, 6) is -2.76. The Balaban J connectivity index is 0. The van der Waals surface area contributed by atoms with Crippen LogP contribution in [-0.2, 0) is 9.53 Å². The quantitative estimate of drug-likeness (QED) is 0.686. The molecular weight excluding hydrogens is 203 g/mol. The van der Waals surface area contributed by atoms with Gasteiger partial charge in [-0.15, -0.1) is 0 Å². The molecule has 0 bridgehead atoms. The number of aliphatic carboxylic acids is 1. The van der Waals surface area contributed by atoms with Crippen molar-refractivity contribution in [2.45, 2.75) is 13.1 Å². The summed E-state index contributed by atoms with van der Waals surface area (Å²) in [5, 5.41) is 10.1. The molecule has 0 fully saturated rings. The van der Waals surface area contributed by atoms with E-state index in [1.807, 2.05) is 14.0 Å². The number of carboxylic acids is 1. The first-order valence-electron chi connectivity index (χ1n) is 3.88. The molecule has 0 aromatic heterocycles. The minimum Gasteiger partial charge on any atom is -0.475 e. The van der Waals surface area contributed by atoms with E-state index in [2.05, 4.69) is 5.32 Å². The van der Waals surface area contributed by atoms with Crippen molar-refractivity contribution >= 4 is 5.97 Å². The molecule has 0 saturated heterocycles. The molecule has 0 aliphatic rings. The number of ether oxygens (including phenoxy) is 1. The standard InChI is InChI=1S/C5H13NO.C2HF3O2/c1-3-7-5-4-6-2;3-2(4,5)1(6)7/h6H,3-5H2,1-2H3;(H,6,7). The van der Waals surface area contributed by atoms with Gasteiger partial charge in [0.05, 0.1) is 6.61 Å². The van der Waals surface area contributed by atoms with Crippen LogP contribution in [0.5, 0.6) is 0 Å². The lowest BCUT2D eigenvalue weighted by Crippen LogP contribution is -2.21. The highest BCUT2D eigenvalue weighted by Gasteiger charge is 2.38. The minimum atomic E-state index is -5.08. The smallest absolute Gasteiger partial charge is 0.475 e. The van der Waals surface area contributed by atoms with Crippen molar-refractivity contribution in [2.75, 3.05) is 26.8 Å². The second kappa shape index (κ2) is 8.76. The van der Waals surface area contributed by atoms with E-state index in [0.29, 0.717) is 0 Å². The first-order chi connectivity index (χ1) is 6.36. The first-order valence-corrected chi connectivity index (χ1v) is 3.88. The van der Waals surface area contributed by atoms with Gasteiger partial charge in [0.2, 0.25) is 0 Å². The largest absolute Gasteiger partial charge is 0.490 e. The Kier molecular flexibility index (Phi) is 9.79. The van der Waals surface area contributed by atoms with Crippen molar-refractivity contribution in [3.63, 3.8) is 0 Å². The van der Waals surface area contributed by atoms with Crippen LogP contribution in [-0.4, -0.2) is 44.1 Å². The summed E-state index contributed by atoms with van der Waals surface area (Å²) in [6.45, 7) is 4.60. The Morgan fingerprint density at radius 1 is 1.50 bits per heavy atom. The van der Waals surface area contributed by atoms with E-state index in [0.717, 1.165) is 19.8 Å². The van der Waals surface area contributed by atoms with Gasteiger partial charge in [0.25, 0.3) is 0 Å². The second-order valence-corrected chi connectivity index (χ2v) is 2.10. The third-order valence-electron chi connectivity index (χ3n) is 0.943. The van der Waals surface area contributed by atoms with E-state index in [-0.39, 0.29) is 0 Å². The van der Waals surface area contributed by atoms with E-state index in [9.17, 15) is 13.2 Å². The molecule has 2 N–H and O–H groups in total. The Bertz CT molecular complexity index is 146. The van der Waals surface area contributed by atoms with Crippen molar-refractivity contribution in [1.82, 2.24) is 5.32 Å². The molecule has 0 amide bonds. The molecule has 86 valence electrons. The van der Waals surface area contributed by atoms with E-state index < -0.39 is 12.1 Å². The summed E-state index contributed by atoms with van der Waals surface area (Å²) in [5.41, 5.74) is 0. The van der Waals surface area contributed by atoms with Gasteiger partial charge >= 0.3 is 12.1 Å². The fraction of sp³-hybridized carbons (Fsp3) is 0.857. The van der Waals surface area contributed by atoms with Gasteiger partial charge in [-0.2, -0.15) is 13.2 Å². The predicted octanol–water partition coefficient (Wildman–Crippen LogP) is 0.876. The van der Waals surface area contributed by atoms with Gasteiger partial charge in [-0.1, -0.05) is 0 Å². The van der Waals surface area contributed by atoms with Gasteiger partial charge in [0.15, 0.2) is 0 Å². The summed E-state index contributed by atoms with van der Waals surface area (Å²) in [4.78, 5) is 8.90. The third-order valence-corrected chi connectivity index (χ3v) is 0.943. The lowest BCUT2D eigenvalue weighted by atomic mass is 10.7. The molecule has 14 heavy (non-hydrogen) atoms. The maximum atomic E-state index is 10.6. The monoisotopic (exact) mass is 217 g/mol. The van der Waals surface area contributed by atoms with Crippen LogP contribution < -0.4 is 5.32 Å². The number of halogens is 3. The highest BCUT2D eigenvalue weighted by Crippen LogP contribution is 2.13. The van der Waals surface area contributed by atoms with Gasteiger partial charge in [-0.3, -0.25) is 0 Å². The summed E-state index contributed by atoms with van der Waals surface area (Å²) >= 11 is 0. The molecule has 0 saturated carbocycles. The van der Waals surface area contributed by atoms with Crippen LogP contribution in [0.2, 0.25) is 0 Å². The van der Waals surface area contributed by atoms with Crippen molar-refractivity contribution in [3.8, 4) is 0 Å². The van der Waals surface area contributed by atoms with Crippen LogP contribution in [0.25, 0.3) is 0 Å². The number of nitrogens with one attached hydrogen (secondary N) is 1. The molecule has 4 nitrogen and oxygen atoms in total. The lowest BCUT2D eigenvalue weighted by molar-refractivity contribution is -0.192. The number of rotatable bonds is 4. The molecular formula is C7H14F3NO3. The van der Waals surface area contributed by atoms with Gasteiger partial charge in [0, 0.05) is 13.2 Å². The zero-order chi connectivity index (χ0) is 11.6. The van der Waals surface area contributed by atoms with Crippen molar-refractivity contribution in [1.29, 1.82) is 0 Å². The number of likely N-dealkylation sites (N-methyl/N-ethyl adjacent to an activating group) is 1. The predicted molar refractivity (Wildman–Crippen MR) is 44.1 cm³/mol. The topological polar surface area (TPSA) is 58.6 Å². The first kappa shape index (κ1) is 15.6. The van der Waals surface area contributed by atoms with Gasteiger partial charge < -0.3 is 15.2 Å². The molecule has 0 spiro atoms. The third kappa shape index (κ3) is 13.7. The van der Waals surface area contributed by atoms with Crippen LogP contribution in [0.4, 0.5) is 13.2 Å². The SMILES string of the molecule is CCOCCNC.O=C(O)C(F)(F)F. The number of carbonyl (C=O) groups is 1. The van der Waals surface area contributed by atoms with Crippen LogP contribution in [0.1, 0.15) is 6.92 Å². The summed E-state index contributed by atoms with van der Waals surface area (Å²) in [6, 6.07) is 0. The molecule has 0 radical (unpaired) electrons. The molecule has 0 aliphatic heterocycles. The summed E-state index contributed by atoms with van der Waals surface area (Å²) in [6.07, 6.45) is -5.08.